The van der Waals surface area contributed by atoms with Crippen LogP contribution in [0.2, 0.25) is 13.1 Å². The van der Waals surface area contributed by atoms with E-state index >= 15 is 0 Å². The normalized spacial score (nSPS) is 17.1. The van der Waals surface area contributed by atoms with Crippen LogP contribution in [0.25, 0.3) is 33.3 Å². The molecule has 0 saturated carbocycles. The van der Waals surface area contributed by atoms with Gasteiger partial charge in [-0.1, -0.05) is 57.3 Å². The molecule has 28 heavy (non-hydrogen) atoms. The van der Waals surface area contributed by atoms with E-state index < -0.39 is 8.07 Å². The first-order valence-electron chi connectivity index (χ1n) is 9.94. The fourth-order valence-corrected chi connectivity index (χ4v) is 8.56. The molecule has 0 N–H and O–H groups in total. The molecule has 0 radical (unpaired) electrons. The van der Waals surface area contributed by atoms with Gasteiger partial charge in [0.15, 0.2) is 0 Å². The first kappa shape index (κ1) is 16.2. The van der Waals surface area contributed by atoms with Crippen LogP contribution in [0.15, 0.2) is 60.9 Å². The molecule has 0 spiro atoms. The summed E-state index contributed by atoms with van der Waals surface area (Å²) in [4.78, 5) is 9.41. The zero-order valence-corrected chi connectivity index (χ0v) is 17.7. The number of pyridine rings is 2. The monoisotopic (exact) mass is 378 g/mol. The number of hydrogen-bond acceptors (Lipinski definition) is 2. The van der Waals surface area contributed by atoms with Gasteiger partial charge in [-0.25, -0.2) is 0 Å². The highest BCUT2D eigenvalue weighted by atomic mass is 28.3. The third-order valence-electron chi connectivity index (χ3n) is 6.92. The lowest BCUT2D eigenvalue weighted by Gasteiger charge is -2.25. The summed E-state index contributed by atoms with van der Waals surface area (Å²) in [6.45, 7) is 9.68. The smallest absolute Gasteiger partial charge is 0.113 e. The average molecular weight is 379 g/mol. The maximum atomic E-state index is 4.76. The van der Waals surface area contributed by atoms with Gasteiger partial charge < -0.3 is 0 Å². The van der Waals surface area contributed by atoms with Gasteiger partial charge in [0.25, 0.3) is 0 Å². The van der Waals surface area contributed by atoms with E-state index in [1.54, 1.807) is 5.19 Å². The van der Waals surface area contributed by atoms with Crippen LogP contribution >= 0.6 is 0 Å². The second-order valence-electron chi connectivity index (χ2n) is 9.15. The zero-order valence-electron chi connectivity index (χ0n) is 16.7. The van der Waals surface area contributed by atoms with Gasteiger partial charge in [-0.2, -0.15) is 0 Å². The minimum Gasteiger partial charge on any atom is -0.256 e. The van der Waals surface area contributed by atoms with Gasteiger partial charge in [-0.05, 0) is 50.8 Å². The summed E-state index contributed by atoms with van der Waals surface area (Å²) in [7, 11) is -1.76. The summed E-state index contributed by atoms with van der Waals surface area (Å²) in [5.41, 5.74) is 9.14. The minimum atomic E-state index is -1.76. The van der Waals surface area contributed by atoms with Crippen LogP contribution in [0, 0.1) is 0 Å². The third-order valence-corrected chi connectivity index (χ3v) is 10.4. The molecule has 0 bridgehead atoms. The van der Waals surface area contributed by atoms with Crippen molar-refractivity contribution < 1.29 is 0 Å². The predicted octanol–water partition coefficient (Wildman–Crippen LogP) is 4.74. The van der Waals surface area contributed by atoms with Gasteiger partial charge in [-0.3, -0.25) is 9.97 Å². The Morgan fingerprint density at radius 1 is 0.821 bits per heavy atom. The topological polar surface area (TPSA) is 25.8 Å². The largest absolute Gasteiger partial charge is 0.256 e. The van der Waals surface area contributed by atoms with Gasteiger partial charge in [0.1, 0.15) is 8.07 Å². The molecule has 136 valence electrons. The summed E-state index contributed by atoms with van der Waals surface area (Å²) in [5.74, 6) is 0. The van der Waals surface area contributed by atoms with E-state index in [4.69, 9.17) is 4.98 Å². The SMILES string of the molecule is CC1(C)c2cccnc2-c2ccc3c(c21)-c1cc2ncccc2cc1[Si]3(C)C. The summed E-state index contributed by atoms with van der Waals surface area (Å²) in [6.07, 6.45) is 3.81. The summed E-state index contributed by atoms with van der Waals surface area (Å²) in [6, 6.07) is 18.0. The van der Waals surface area contributed by atoms with E-state index in [9.17, 15) is 0 Å². The number of aromatic nitrogens is 2. The maximum Gasteiger partial charge on any atom is 0.113 e. The Hall–Kier alpha value is -2.78. The molecular formula is C25H22N2Si. The molecule has 2 aromatic heterocycles. The Morgan fingerprint density at radius 3 is 2.46 bits per heavy atom. The second kappa shape index (κ2) is 4.98. The van der Waals surface area contributed by atoms with Gasteiger partial charge in [0, 0.05) is 28.8 Å². The van der Waals surface area contributed by atoms with Gasteiger partial charge in [0.05, 0.1) is 11.2 Å². The highest BCUT2D eigenvalue weighted by molar-refractivity contribution is 7.04. The van der Waals surface area contributed by atoms with Crippen LogP contribution in [-0.2, 0) is 5.41 Å². The van der Waals surface area contributed by atoms with Gasteiger partial charge in [-0.15, -0.1) is 0 Å². The fraction of sp³-hybridized carbons (Fsp3) is 0.200. The molecule has 3 heterocycles. The molecule has 0 fully saturated rings. The molecule has 6 rings (SSSR count). The molecule has 0 atom stereocenters. The molecule has 0 saturated heterocycles. The van der Waals surface area contributed by atoms with Crippen LogP contribution in [0.5, 0.6) is 0 Å². The molecular weight excluding hydrogens is 356 g/mol. The Bertz CT molecular complexity index is 1320. The predicted molar refractivity (Wildman–Crippen MR) is 119 cm³/mol. The summed E-state index contributed by atoms with van der Waals surface area (Å²) in [5, 5.41) is 4.34. The second-order valence-corrected chi connectivity index (χ2v) is 13.5. The molecule has 2 nitrogen and oxygen atoms in total. The number of rotatable bonds is 0. The van der Waals surface area contributed by atoms with Crippen molar-refractivity contribution in [1.82, 2.24) is 9.97 Å². The molecule has 1 aliphatic heterocycles. The fourth-order valence-electron chi connectivity index (χ4n) is 5.50. The third kappa shape index (κ3) is 1.78. The Balaban J connectivity index is 1.77. The molecule has 2 aromatic carbocycles. The van der Waals surface area contributed by atoms with Crippen molar-refractivity contribution in [2.75, 3.05) is 0 Å². The lowest BCUT2D eigenvalue weighted by Crippen LogP contribution is -2.49. The molecule has 1 aliphatic carbocycles. The quantitative estimate of drug-likeness (QED) is 0.413. The number of hydrogen-bond donors (Lipinski definition) is 0. The number of fused-ring (bicyclic) bond motifs is 8. The zero-order chi connectivity index (χ0) is 19.3. The van der Waals surface area contributed by atoms with E-state index in [0.29, 0.717) is 0 Å². The standard InChI is InChI=1S/C25H22N2Si/c1-25(2)18-8-6-12-27-24(18)16-9-10-20-22(23(16)25)17-14-19-15(7-5-11-26-19)13-21(17)28(20,3)4/h5-14H,1-4H3. The van der Waals surface area contributed by atoms with Crippen molar-refractivity contribution in [2.24, 2.45) is 0 Å². The average Bonchev–Trinajstić information content (AvgIpc) is 3.06. The van der Waals surface area contributed by atoms with E-state index in [2.05, 4.69) is 74.4 Å². The summed E-state index contributed by atoms with van der Waals surface area (Å²) >= 11 is 0. The molecule has 2 aliphatic rings. The highest BCUT2D eigenvalue weighted by Crippen LogP contribution is 2.52. The van der Waals surface area contributed by atoms with Crippen molar-refractivity contribution in [3.63, 3.8) is 0 Å². The molecule has 0 amide bonds. The van der Waals surface area contributed by atoms with E-state index in [1.165, 1.54) is 38.4 Å². The lowest BCUT2D eigenvalue weighted by molar-refractivity contribution is 0.661. The highest BCUT2D eigenvalue weighted by Gasteiger charge is 2.45. The number of nitrogens with zero attached hydrogens (tertiary/aromatic N) is 2. The van der Waals surface area contributed by atoms with Crippen molar-refractivity contribution in [2.45, 2.75) is 32.4 Å². The molecule has 4 aromatic rings. The van der Waals surface area contributed by atoms with Crippen molar-refractivity contribution >= 4 is 29.4 Å². The van der Waals surface area contributed by atoms with E-state index in [0.717, 1.165) is 11.2 Å². The lowest BCUT2D eigenvalue weighted by atomic mass is 9.79. The number of benzene rings is 2. The van der Waals surface area contributed by atoms with Crippen LogP contribution in [-0.4, -0.2) is 18.0 Å². The van der Waals surface area contributed by atoms with Crippen LogP contribution in [0.4, 0.5) is 0 Å². The van der Waals surface area contributed by atoms with Crippen LogP contribution in [0.3, 0.4) is 0 Å². The first-order chi connectivity index (χ1) is 13.4. The Morgan fingerprint density at radius 2 is 1.61 bits per heavy atom. The molecule has 0 unspecified atom stereocenters. The Labute approximate surface area is 166 Å². The van der Waals surface area contributed by atoms with Crippen molar-refractivity contribution in [3.05, 3.63) is 72.1 Å². The first-order valence-corrected chi connectivity index (χ1v) is 12.9. The van der Waals surface area contributed by atoms with E-state index in [-0.39, 0.29) is 5.41 Å². The van der Waals surface area contributed by atoms with E-state index in [1.807, 2.05) is 18.5 Å². The minimum absolute atomic E-state index is 0.0462. The van der Waals surface area contributed by atoms with Crippen molar-refractivity contribution in [1.29, 1.82) is 0 Å². The maximum absolute atomic E-state index is 4.76. The van der Waals surface area contributed by atoms with Gasteiger partial charge >= 0.3 is 0 Å². The molecule has 3 heteroatoms. The summed E-state index contributed by atoms with van der Waals surface area (Å²) < 4.78 is 0. The van der Waals surface area contributed by atoms with Crippen LogP contribution in [0.1, 0.15) is 25.0 Å². The van der Waals surface area contributed by atoms with Crippen molar-refractivity contribution in [3.8, 4) is 22.4 Å². The Kier molecular flexibility index (Phi) is 2.88. The van der Waals surface area contributed by atoms with Gasteiger partial charge in [0.2, 0.25) is 0 Å². The van der Waals surface area contributed by atoms with Crippen LogP contribution < -0.4 is 10.4 Å².